The molecule has 553 valence electrons. The maximum atomic E-state index is 12.9. The molecule has 9 rings (SSSR count). The summed E-state index contributed by atoms with van der Waals surface area (Å²) in [4.78, 5) is 79.3. The molecule has 22 heteroatoms. The van der Waals surface area contributed by atoms with E-state index in [4.69, 9.17) is 60.6 Å². The van der Waals surface area contributed by atoms with E-state index in [2.05, 4.69) is 107 Å². The first-order chi connectivity index (χ1) is 48.9. The number of carbonyl (C=O) groups excluding carboxylic acids is 1. The first-order valence-electron chi connectivity index (χ1n) is 34.3. The largest absolute Gasteiger partial charge is 0.481 e. The molecule has 21 nitrogen and oxygen atoms in total. The van der Waals surface area contributed by atoms with Gasteiger partial charge in [0.1, 0.15) is 22.4 Å². The minimum absolute atomic E-state index is 0. The molecule has 104 heavy (non-hydrogen) atoms. The van der Waals surface area contributed by atoms with Crippen molar-refractivity contribution in [2.24, 2.45) is 0 Å². The minimum atomic E-state index is -0.845. The van der Waals surface area contributed by atoms with Gasteiger partial charge in [-0.15, -0.1) is 0 Å². The van der Waals surface area contributed by atoms with E-state index in [0.29, 0.717) is 88.9 Å². The molecule has 1 radical (unpaired) electrons. The molecule has 0 aliphatic carbocycles. The molecule has 4 aromatic carbocycles. The van der Waals surface area contributed by atoms with Crippen molar-refractivity contribution in [3.05, 3.63) is 281 Å². The average Bonchev–Trinajstić information content (AvgIpc) is 1.63. The fraction of sp³-hybridized carbons (Fsp3) is 0.402. The maximum Gasteiger partial charge on any atom is 0.312 e. The Morgan fingerprint density at radius 2 is 0.673 bits per heavy atom. The molecule has 0 spiro atoms. The number of nitrogens with zero attached hydrogens (tertiary/aromatic N) is 5. The molecular weight excluding hydrogens is 1370 g/mol. The van der Waals surface area contributed by atoms with E-state index in [1.807, 2.05) is 108 Å². The number of carbonyl (C=O) groups is 5. The van der Waals surface area contributed by atoms with Crippen LogP contribution in [0, 0.1) is 26.3 Å². The SMILES string of the molecule is [C-]#[N+]CC(C)(C)OCCc1ccc(C(=O)c2ccc3n2CC[C@@H]3C(=O)O)cc1.[C-]#[N+]CC(C)(C)OCCc1ccc(Cc2ccc(CC(=O)O)[nH]2)cc1.[C-]#[N+]CC(C)(C)OCCc1ccc(Cc2ccc(CC(=O)O)[nH]2)cc1.[C-]#[N+]CC(C)(C)OCCc1ccc(Cc2ccc(CC(=O)O)[nH]2)cc1.[Cu]. The average molecular weight is 1470 g/mol. The number of hydrogen-bond acceptors (Lipinski definition) is 9. The number of rotatable bonds is 35. The Balaban J connectivity index is 0.000000249. The number of hydrogen-bond donors (Lipinski definition) is 7. The number of benzene rings is 4. The predicted molar refractivity (Wildman–Crippen MR) is 394 cm³/mol. The molecule has 7 N–H and O–H groups in total. The second kappa shape index (κ2) is 41.2. The van der Waals surface area contributed by atoms with Gasteiger partial charge in [-0.1, -0.05) is 97.1 Å². The zero-order chi connectivity index (χ0) is 75.2. The van der Waals surface area contributed by atoms with Crippen LogP contribution in [0.5, 0.6) is 0 Å². The van der Waals surface area contributed by atoms with E-state index < -0.39 is 52.2 Å². The second-order valence-electron chi connectivity index (χ2n) is 27.9. The van der Waals surface area contributed by atoms with Gasteiger partial charge in [-0.25, -0.2) is 26.3 Å². The van der Waals surface area contributed by atoms with Crippen LogP contribution < -0.4 is 0 Å². The number of aliphatic carboxylic acids is 4. The van der Waals surface area contributed by atoms with Gasteiger partial charge in [-0.2, -0.15) is 0 Å². The second-order valence-corrected chi connectivity index (χ2v) is 27.9. The molecule has 8 aromatic rings. The van der Waals surface area contributed by atoms with E-state index in [1.165, 1.54) is 33.4 Å². The quantitative estimate of drug-likeness (QED) is 0.0111. The minimum Gasteiger partial charge on any atom is -0.481 e. The third-order valence-electron chi connectivity index (χ3n) is 16.8. The van der Waals surface area contributed by atoms with Crippen molar-refractivity contribution in [2.75, 3.05) is 52.6 Å². The van der Waals surface area contributed by atoms with E-state index in [1.54, 1.807) is 24.3 Å². The van der Waals surface area contributed by atoms with E-state index in [0.717, 1.165) is 78.3 Å². The molecule has 0 bridgehead atoms. The number of H-pyrrole nitrogens is 3. The van der Waals surface area contributed by atoms with Gasteiger partial charge >= 0.3 is 23.9 Å². The summed E-state index contributed by atoms with van der Waals surface area (Å²) >= 11 is 0. The van der Waals surface area contributed by atoms with Crippen molar-refractivity contribution < 1.29 is 80.4 Å². The van der Waals surface area contributed by atoms with Crippen molar-refractivity contribution in [1.82, 2.24) is 19.5 Å². The molecule has 4 aromatic heterocycles. The van der Waals surface area contributed by atoms with Crippen molar-refractivity contribution in [1.29, 1.82) is 0 Å². The molecule has 1 aliphatic heterocycles. The first-order valence-corrected chi connectivity index (χ1v) is 34.3. The summed E-state index contributed by atoms with van der Waals surface area (Å²) in [6, 6.07) is 47.1. The first kappa shape index (κ1) is 84.5. The van der Waals surface area contributed by atoms with Crippen LogP contribution in [-0.2, 0) is 126 Å². The summed E-state index contributed by atoms with van der Waals surface area (Å²) in [6.45, 7) is 47.4. The van der Waals surface area contributed by atoms with E-state index >= 15 is 0 Å². The van der Waals surface area contributed by atoms with Gasteiger partial charge < -0.3 is 78.3 Å². The van der Waals surface area contributed by atoms with Gasteiger partial charge in [0.25, 0.3) is 0 Å². The zero-order valence-electron chi connectivity index (χ0n) is 60.6. The Kier molecular flexibility index (Phi) is 33.5. The van der Waals surface area contributed by atoms with E-state index in [-0.39, 0.29) is 42.1 Å². The predicted octanol–water partition coefficient (Wildman–Crippen LogP) is 14.0. The topological polar surface area (TPSA) is 273 Å². The molecule has 1 aliphatic rings. The van der Waals surface area contributed by atoms with Crippen LogP contribution in [0.4, 0.5) is 0 Å². The Hall–Kier alpha value is -10.1. The molecular formula is C82H96CuN8O13. The summed E-state index contributed by atoms with van der Waals surface area (Å²) < 4.78 is 24.9. The maximum absolute atomic E-state index is 12.9. The van der Waals surface area contributed by atoms with Crippen LogP contribution in [0.3, 0.4) is 0 Å². The van der Waals surface area contributed by atoms with Gasteiger partial charge in [0, 0.05) is 88.3 Å². The van der Waals surface area contributed by atoms with Crippen LogP contribution in [-0.4, -0.2) is 145 Å². The number of aromatic amines is 3. The summed E-state index contributed by atoms with van der Waals surface area (Å²) in [7, 11) is 0. The number of fused-ring (bicyclic) bond motifs is 1. The third kappa shape index (κ3) is 30.1. The molecule has 0 saturated heterocycles. The number of ketones is 1. The van der Waals surface area contributed by atoms with E-state index in [9.17, 15) is 29.1 Å². The van der Waals surface area contributed by atoms with Crippen molar-refractivity contribution in [3.63, 3.8) is 0 Å². The fourth-order valence-corrected chi connectivity index (χ4v) is 11.3. The molecule has 5 heterocycles. The third-order valence-corrected chi connectivity index (χ3v) is 16.8. The molecule has 1 atom stereocenters. The normalized spacial score (nSPS) is 12.4. The summed E-state index contributed by atoms with van der Waals surface area (Å²) in [5, 5.41) is 35.7. The summed E-state index contributed by atoms with van der Waals surface area (Å²) in [6.07, 6.45) is 5.95. The van der Waals surface area contributed by atoms with Crippen LogP contribution >= 0.6 is 0 Å². The Bertz CT molecular complexity index is 3920. The van der Waals surface area contributed by atoms with Gasteiger partial charge in [0.2, 0.25) is 32.0 Å². The van der Waals surface area contributed by atoms with Crippen LogP contribution in [0.25, 0.3) is 19.4 Å². The number of carboxylic acid groups (broad SMARTS) is 4. The Morgan fingerprint density at radius 1 is 0.404 bits per heavy atom. The zero-order valence-corrected chi connectivity index (χ0v) is 61.5. The van der Waals surface area contributed by atoms with Crippen LogP contribution in [0.1, 0.15) is 163 Å². The van der Waals surface area contributed by atoms with Crippen LogP contribution in [0.2, 0.25) is 0 Å². The number of nitrogens with one attached hydrogen (secondary N) is 3. The monoisotopic (exact) mass is 1460 g/mol. The Labute approximate surface area is 621 Å². The van der Waals surface area contributed by atoms with Crippen molar-refractivity contribution in [2.45, 2.75) is 161 Å². The number of carboxylic acids is 4. The molecule has 0 saturated carbocycles. The molecule has 0 fully saturated rings. The fourth-order valence-electron chi connectivity index (χ4n) is 11.3. The van der Waals surface area contributed by atoms with Crippen LogP contribution in [0.15, 0.2) is 146 Å². The number of aromatic nitrogens is 4. The van der Waals surface area contributed by atoms with Gasteiger partial charge in [0.05, 0.1) is 57.3 Å². The standard InChI is InChI=1S/C22H24N2O4.3C20H24N2O3.Cu/c1-22(2,14-23-3)28-13-11-15-4-6-16(7-5-15)20(25)19-9-8-18-17(21(26)27)10-12-24(18)19;3*1-20(2,14-21-3)25-11-10-15-4-6-16(7-5-15)12-17-8-9-18(22-17)13-19(23)24;/h4-9,17H,10-14H2,1-2H3,(H,26,27);3*4-9,22H,10-14H2,1-2H3,(H,23,24);/t17-;;;;/m0..../s1. The number of ether oxygens (including phenoxy) is 4. The van der Waals surface area contributed by atoms with Gasteiger partial charge in [-0.05, 0) is 175 Å². The molecule has 0 amide bonds. The summed E-state index contributed by atoms with van der Waals surface area (Å²) in [5.74, 6) is -3.98. The smallest absolute Gasteiger partial charge is 0.312 e. The van der Waals surface area contributed by atoms with Gasteiger partial charge in [0.15, 0.2) is 0 Å². The summed E-state index contributed by atoms with van der Waals surface area (Å²) in [5.41, 5.74) is 13.5. The van der Waals surface area contributed by atoms with Gasteiger partial charge in [-0.3, -0.25) is 24.0 Å². The molecule has 0 unspecified atom stereocenters. The van der Waals surface area contributed by atoms with Crippen molar-refractivity contribution >= 4 is 29.7 Å². The van der Waals surface area contributed by atoms with Crippen molar-refractivity contribution in [3.8, 4) is 0 Å². The Morgan fingerprint density at radius 3 is 0.942 bits per heavy atom.